The summed E-state index contributed by atoms with van der Waals surface area (Å²) in [6, 6.07) is 0. The number of carboxylic acids is 1. The van der Waals surface area contributed by atoms with Gasteiger partial charge in [0.2, 0.25) is 0 Å². The van der Waals surface area contributed by atoms with Gasteiger partial charge in [0.15, 0.2) is 0 Å². The molecule has 0 aromatic heterocycles. The van der Waals surface area contributed by atoms with Crippen LogP contribution in [-0.2, 0) is 14.3 Å². The SMILES string of the molecule is CCCCCCCCC(/C=C/CCCCCCC(C)(C)C)C(CC(=O)OC)C(=O)O. The van der Waals surface area contributed by atoms with Crippen molar-refractivity contribution in [2.75, 3.05) is 7.11 Å². The predicted molar refractivity (Wildman–Crippen MR) is 126 cm³/mol. The lowest BCUT2D eigenvalue weighted by molar-refractivity contribution is -0.151. The molecule has 0 spiro atoms. The van der Waals surface area contributed by atoms with Gasteiger partial charge in [-0.15, -0.1) is 0 Å². The summed E-state index contributed by atoms with van der Waals surface area (Å²) >= 11 is 0. The Morgan fingerprint density at radius 2 is 1.53 bits per heavy atom. The molecule has 30 heavy (non-hydrogen) atoms. The fourth-order valence-electron chi connectivity index (χ4n) is 3.82. The van der Waals surface area contributed by atoms with Crippen molar-refractivity contribution in [3.63, 3.8) is 0 Å². The van der Waals surface area contributed by atoms with Gasteiger partial charge < -0.3 is 9.84 Å². The Hall–Kier alpha value is -1.32. The summed E-state index contributed by atoms with van der Waals surface area (Å²) < 4.78 is 4.73. The number of rotatable bonds is 18. The highest BCUT2D eigenvalue weighted by molar-refractivity contribution is 5.79. The van der Waals surface area contributed by atoms with Gasteiger partial charge in [-0.1, -0.05) is 97.6 Å². The van der Waals surface area contributed by atoms with Crippen molar-refractivity contribution in [2.45, 2.75) is 118 Å². The van der Waals surface area contributed by atoms with Crippen LogP contribution in [-0.4, -0.2) is 24.2 Å². The molecule has 0 aromatic rings. The maximum atomic E-state index is 11.8. The summed E-state index contributed by atoms with van der Waals surface area (Å²) in [5, 5.41) is 9.68. The Kier molecular flexibility index (Phi) is 16.6. The normalized spacial score (nSPS) is 14.0. The average molecular weight is 425 g/mol. The van der Waals surface area contributed by atoms with Crippen LogP contribution in [0.5, 0.6) is 0 Å². The maximum absolute atomic E-state index is 11.8. The fraction of sp³-hybridized carbons (Fsp3) is 0.846. The lowest BCUT2D eigenvalue weighted by atomic mass is 9.84. The van der Waals surface area contributed by atoms with Gasteiger partial charge in [-0.2, -0.15) is 0 Å². The molecule has 0 heterocycles. The molecule has 0 aliphatic carbocycles. The molecule has 176 valence electrons. The zero-order valence-electron chi connectivity index (χ0n) is 20.4. The number of methoxy groups -OCH3 is 1. The molecule has 2 unspecified atom stereocenters. The van der Waals surface area contributed by atoms with Crippen molar-refractivity contribution < 1.29 is 19.4 Å². The van der Waals surface area contributed by atoms with E-state index in [9.17, 15) is 14.7 Å². The summed E-state index contributed by atoms with van der Waals surface area (Å²) in [6.07, 6.45) is 19.2. The minimum atomic E-state index is -0.900. The molecule has 4 nitrogen and oxygen atoms in total. The van der Waals surface area contributed by atoms with Crippen molar-refractivity contribution in [2.24, 2.45) is 17.3 Å². The molecular weight excluding hydrogens is 376 g/mol. The van der Waals surface area contributed by atoms with E-state index in [0.717, 1.165) is 32.1 Å². The molecule has 0 fully saturated rings. The van der Waals surface area contributed by atoms with Crippen LogP contribution in [0, 0.1) is 17.3 Å². The monoisotopic (exact) mass is 424 g/mol. The van der Waals surface area contributed by atoms with E-state index in [2.05, 4.69) is 39.8 Å². The number of carbonyl (C=O) groups is 2. The largest absolute Gasteiger partial charge is 0.481 e. The first-order valence-corrected chi connectivity index (χ1v) is 12.2. The van der Waals surface area contributed by atoms with Crippen molar-refractivity contribution in [1.29, 1.82) is 0 Å². The third-order valence-corrected chi connectivity index (χ3v) is 5.77. The molecule has 2 atom stereocenters. The van der Waals surface area contributed by atoms with Crippen LogP contribution in [0.3, 0.4) is 0 Å². The first-order valence-electron chi connectivity index (χ1n) is 12.2. The van der Waals surface area contributed by atoms with E-state index >= 15 is 0 Å². The van der Waals surface area contributed by atoms with E-state index in [4.69, 9.17) is 4.74 Å². The molecule has 1 N–H and O–H groups in total. The van der Waals surface area contributed by atoms with Gasteiger partial charge in [-0.05, 0) is 37.0 Å². The molecule has 0 amide bonds. The summed E-state index contributed by atoms with van der Waals surface area (Å²) in [5.41, 5.74) is 0.412. The minimum absolute atomic E-state index is 0.0521. The van der Waals surface area contributed by atoms with Crippen LogP contribution in [0.4, 0.5) is 0 Å². The van der Waals surface area contributed by atoms with Crippen LogP contribution >= 0.6 is 0 Å². The van der Waals surface area contributed by atoms with E-state index in [1.807, 2.05) is 0 Å². The van der Waals surface area contributed by atoms with E-state index < -0.39 is 17.9 Å². The summed E-state index contributed by atoms with van der Waals surface area (Å²) in [6.45, 7) is 9.06. The van der Waals surface area contributed by atoms with E-state index in [-0.39, 0.29) is 12.3 Å². The van der Waals surface area contributed by atoms with Crippen LogP contribution in [0.1, 0.15) is 118 Å². The van der Waals surface area contributed by atoms with Gasteiger partial charge in [0, 0.05) is 0 Å². The fourth-order valence-corrected chi connectivity index (χ4v) is 3.82. The summed E-state index contributed by atoms with van der Waals surface area (Å²) in [7, 11) is 1.32. The van der Waals surface area contributed by atoms with Crippen molar-refractivity contribution in [1.82, 2.24) is 0 Å². The Morgan fingerprint density at radius 1 is 0.933 bits per heavy atom. The Balaban J connectivity index is 4.56. The molecule has 0 rings (SSSR count). The number of hydrogen-bond acceptors (Lipinski definition) is 3. The quantitative estimate of drug-likeness (QED) is 0.140. The second-order valence-electron chi connectivity index (χ2n) is 9.89. The average Bonchev–Trinajstić information content (AvgIpc) is 2.68. The number of allylic oxidation sites excluding steroid dienone is 2. The zero-order valence-corrected chi connectivity index (χ0v) is 20.4. The summed E-state index contributed by atoms with van der Waals surface area (Å²) in [4.78, 5) is 23.5. The lowest BCUT2D eigenvalue weighted by Gasteiger charge is -2.20. The lowest BCUT2D eigenvalue weighted by Crippen LogP contribution is -2.26. The first-order chi connectivity index (χ1) is 14.2. The molecule has 0 saturated carbocycles. The molecular formula is C26H48O4. The Labute approximate surface area is 185 Å². The summed E-state index contributed by atoms with van der Waals surface area (Å²) in [5.74, 6) is -2.14. The van der Waals surface area contributed by atoms with Crippen LogP contribution < -0.4 is 0 Å². The Morgan fingerprint density at radius 3 is 2.13 bits per heavy atom. The van der Waals surface area contributed by atoms with Crippen molar-refractivity contribution in [3.8, 4) is 0 Å². The number of hydrogen-bond donors (Lipinski definition) is 1. The number of aliphatic carboxylic acids is 1. The van der Waals surface area contributed by atoms with Crippen LogP contribution in [0.2, 0.25) is 0 Å². The molecule has 4 heteroatoms. The van der Waals surface area contributed by atoms with E-state index in [1.165, 1.54) is 58.5 Å². The van der Waals surface area contributed by atoms with E-state index in [1.54, 1.807) is 0 Å². The zero-order chi connectivity index (χ0) is 22.8. The van der Waals surface area contributed by atoms with Gasteiger partial charge >= 0.3 is 11.9 Å². The number of unbranched alkanes of at least 4 members (excludes halogenated alkanes) is 9. The van der Waals surface area contributed by atoms with Crippen molar-refractivity contribution >= 4 is 11.9 Å². The predicted octanol–water partition coefficient (Wildman–Crippen LogP) is 7.56. The highest BCUT2D eigenvalue weighted by atomic mass is 16.5. The van der Waals surface area contributed by atoms with E-state index in [0.29, 0.717) is 5.41 Å². The van der Waals surface area contributed by atoms with Gasteiger partial charge in [-0.3, -0.25) is 9.59 Å². The number of ether oxygens (including phenoxy) is 1. The highest BCUT2D eigenvalue weighted by Crippen LogP contribution is 2.26. The second kappa shape index (κ2) is 17.4. The van der Waals surface area contributed by atoms with Gasteiger partial charge in [-0.25, -0.2) is 0 Å². The van der Waals surface area contributed by atoms with Gasteiger partial charge in [0.25, 0.3) is 0 Å². The number of esters is 1. The molecule has 0 saturated heterocycles. The van der Waals surface area contributed by atoms with Gasteiger partial charge in [0.1, 0.15) is 0 Å². The molecule has 0 bridgehead atoms. The third kappa shape index (κ3) is 16.5. The number of carboxylic acid groups (broad SMARTS) is 1. The Bertz CT molecular complexity index is 476. The maximum Gasteiger partial charge on any atom is 0.307 e. The van der Waals surface area contributed by atoms with Crippen molar-refractivity contribution in [3.05, 3.63) is 12.2 Å². The third-order valence-electron chi connectivity index (χ3n) is 5.77. The molecule has 0 aromatic carbocycles. The first kappa shape index (κ1) is 28.7. The molecule has 0 aliphatic heterocycles. The van der Waals surface area contributed by atoms with Crippen LogP contribution in [0.25, 0.3) is 0 Å². The molecule has 0 radical (unpaired) electrons. The number of carbonyl (C=O) groups excluding carboxylic acids is 1. The standard InChI is InChI=1S/C26H48O4/c1-6-7-8-9-12-15-18-22(23(25(28)29)21-24(27)30-5)19-16-13-10-11-14-17-20-26(2,3)4/h16,19,22-23H,6-15,17-18,20-21H2,1-5H3,(H,28,29)/b19-16+. The topological polar surface area (TPSA) is 63.6 Å². The smallest absolute Gasteiger partial charge is 0.307 e. The minimum Gasteiger partial charge on any atom is -0.481 e. The second-order valence-corrected chi connectivity index (χ2v) is 9.89. The van der Waals surface area contributed by atoms with Crippen LogP contribution in [0.15, 0.2) is 12.2 Å². The van der Waals surface area contributed by atoms with Gasteiger partial charge in [0.05, 0.1) is 19.4 Å². The highest BCUT2D eigenvalue weighted by Gasteiger charge is 2.28. The molecule has 0 aliphatic rings.